The molecular formula is C4H11NNa2O8Si. The van der Waals surface area contributed by atoms with Gasteiger partial charge in [-0.2, -0.15) is 0 Å². The zero-order valence-corrected chi connectivity index (χ0v) is 14.0. The topological polar surface area (TPSA) is 179 Å². The minimum Gasteiger partial charge on any atom is -0.828 e. The van der Waals surface area contributed by atoms with E-state index in [9.17, 15) is 4.79 Å². The number of aliphatic hydroxyl groups excluding tert-OH is 1. The normalized spacial score (nSPS) is 9.25. The fourth-order valence-corrected chi connectivity index (χ4v) is 0.226. The molecule has 0 spiro atoms. The summed E-state index contributed by atoms with van der Waals surface area (Å²) in [5.41, 5.74) is 4.82. The summed E-state index contributed by atoms with van der Waals surface area (Å²) in [6.07, 6.45) is -1.61. The average Bonchev–Trinajstić information content (AvgIpc) is 1.96. The van der Waals surface area contributed by atoms with Crippen LogP contribution in [0.3, 0.4) is 0 Å². The van der Waals surface area contributed by atoms with E-state index in [2.05, 4.69) is 4.74 Å². The number of aliphatic hydroxyl groups is 2. The van der Waals surface area contributed by atoms with E-state index in [0.29, 0.717) is 0 Å². The van der Waals surface area contributed by atoms with Crippen molar-refractivity contribution in [3.8, 4) is 0 Å². The molecule has 0 heterocycles. The first-order valence-corrected chi connectivity index (χ1v) is 4.95. The zero-order chi connectivity index (χ0) is 11.8. The minimum atomic E-state index is -5.11. The molecule has 0 aromatic carbocycles. The number of carbonyl (C=O) groups excluding carboxylic acids is 1. The van der Waals surface area contributed by atoms with E-state index in [0.717, 1.165) is 0 Å². The second-order valence-corrected chi connectivity index (χ2v) is 3.01. The Morgan fingerprint density at radius 3 is 1.81 bits per heavy atom. The summed E-state index contributed by atoms with van der Waals surface area (Å²) >= 11 is 0. The van der Waals surface area contributed by atoms with E-state index < -0.39 is 27.9 Å². The van der Waals surface area contributed by atoms with Gasteiger partial charge in [0.15, 0.2) is 6.29 Å². The summed E-state index contributed by atoms with van der Waals surface area (Å²) in [5, 5.41) is 16.3. The summed E-state index contributed by atoms with van der Waals surface area (Å²) in [5.74, 6) is -0.650. The Labute approximate surface area is 137 Å². The van der Waals surface area contributed by atoms with Crippen molar-refractivity contribution in [2.24, 2.45) is 5.73 Å². The third kappa shape index (κ3) is 45.2. The molecule has 0 unspecified atom stereocenters. The van der Waals surface area contributed by atoms with Crippen LogP contribution in [-0.4, -0.2) is 54.3 Å². The van der Waals surface area contributed by atoms with E-state index in [1.165, 1.54) is 0 Å². The van der Waals surface area contributed by atoms with Gasteiger partial charge in [0.2, 0.25) is 0 Å². The monoisotopic (exact) mass is 275 g/mol. The third-order valence-corrected chi connectivity index (χ3v) is 0.560. The van der Waals surface area contributed by atoms with E-state index >= 15 is 0 Å². The summed E-state index contributed by atoms with van der Waals surface area (Å²) in [7, 11) is -5.11. The molecular weight excluding hydrogens is 264 g/mol. The molecule has 9 nitrogen and oxygen atoms in total. The first-order valence-electron chi connectivity index (χ1n) is 3.24. The van der Waals surface area contributed by atoms with Crippen molar-refractivity contribution in [1.82, 2.24) is 0 Å². The van der Waals surface area contributed by atoms with Crippen molar-refractivity contribution >= 4 is 15.0 Å². The molecule has 0 bridgehead atoms. The van der Waals surface area contributed by atoms with Crippen LogP contribution in [0.2, 0.25) is 0 Å². The maximum Gasteiger partial charge on any atom is 1.00 e. The van der Waals surface area contributed by atoms with Gasteiger partial charge in [0, 0.05) is 0 Å². The molecule has 6 N–H and O–H groups in total. The van der Waals surface area contributed by atoms with Crippen molar-refractivity contribution in [3.05, 3.63) is 0 Å². The van der Waals surface area contributed by atoms with Crippen LogP contribution >= 0.6 is 0 Å². The minimum absolute atomic E-state index is 0. The SMILES string of the molecule is NCC(=O)OCC(O)O.[Na+].[Na+].[O-][Si]([O-])(O)O. The molecule has 0 atom stereocenters. The number of hydrogen-bond acceptors (Lipinski definition) is 9. The third-order valence-electron chi connectivity index (χ3n) is 0.560. The smallest absolute Gasteiger partial charge is 0.828 e. The number of hydrogen-bond donors (Lipinski definition) is 5. The number of nitrogens with two attached hydrogens (primary N) is 1. The molecule has 0 aliphatic carbocycles. The Morgan fingerprint density at radius 2 is 1.62 bits per heavy atom. The van der Waals surface area contributed by atoms with Gasteiger partial charge in [-0.05, 0) is 0 Å². The fourth-order valence-electron chi connectivity index (χ4n) is 0.226. The van der Waals surface area contributed by atoms with E-state index in [1.54, 1.807) is 0 Å². The van der Waals surface area contributed by atoms with Crippen LogP contribution in [0.1, 0.15) is 0 Å². The van der Waals surface area contributed by atoms with Gasteiger partial charge in [0.25, 0.3) is 0 Å². The summed E-state index contributed by atoms with van der Waals surface area (Å²) in [4.78, 5) is 42.0. The molecule has 0 fully saturated rings. The van der Waals surface area contributed by atoms with Crippen LogP contribution in [0.15, 0.2) is 0 Å². The van der Waals surface area contributed by atoms with Crippen molar-refractivity contribution in [3.63, 3.8) is 0 Å². The zero-order valence-electron chi connectivity index (χ0n) is 8.99. The Morgan fingerprint density at radius 1 is 1.31 bits per heavy atom. The van der Waals surface area contributed by atoms with Gasteiger partial charge < -0.3 is 39.9 Å². The van der Waals surface area contributed by atoms with Crippen LogP contribution in [0.5, 0.6) is 0 Å². The van der Waals surface area contributed by atoms with Crippen molar-refractivity contribution < 1.29 is 98.0 Å². The number of carbonyl (C=O) groups is 1. The molecule has 0 radical (unpaired) electrons. The Kier molecular flexibility index (Phi) is 23.6. The molecule has 0 aromatic heterocycles. The molecule has 16 heavy (non-hydrogen) atoms. The van der Waals surface area contributed by atoms with Gasteiger partial charge in [-0.25, -0.2) is 0 Å². The van der Waals surface area contributed by atoms with Crippen molar-refractivity contribution in [1.29, 1.82) is 0 Å². The van der Waals surface area contributed by atoms with Gasteiger partial charge >= 0.3 is 65.1 Å². The molecule has 0 amide bonds. The summed E-state index contributed by atoms with van der Waals surface area (Å²) < 4.78 is 4.19. The van der Waals surface area contributed by atoms with E-state index in [4.69, 9.17) is 35.1 Å². The maximum atomic E-state index is 10.1. The number of esters is 1. The standard InChI is InChI=1S/C4H9NO4.2Na.H2O4Si/c5-1-4(8)9-2-3(6)7;;;1-5(2,3)4/h3,6-7H,1-2,5H2;;;1-2H/q;2*+1;-2. The van der Waals surface area contributed by atoms with Gasteiger partial charge in [0.05, 0.1) is 6.54 Å². The van der Waals surface area contributed by atoms with Gasteiger partial charge in [-0.1, -0.05) is 0 Å². The summed E-state index contributed by atoms with van der Waals surface area (Å²) in [6, 6.07) is 0. The molecule has 0 saturated heterocycles. The van der Waals surface area contributed by atoms with Gasteiger partial charge in [-0.3, -0.25) is 4.79 Å². The molecule has 0 aliphatic heterocycles. The Bertz CT molecular complexity index is 159. The number of rotatable bonds is 3. The van der Waals surface area contributed by atoms with Crippen LogP contribution in [0.25, 0.3) is 0 Å². The largest absolute Gasteiger partial charge is 1.00 e. The van der Waals surface area contributed by atoms with E-state index in [-0.39, 0.29) is 65.7 Å². The molecule has 86 valence electrons. The quantitative estimate of drug-likeness (QED) is 0.190. The second kappa shape index (κ2) is 14.5. The van der Waals surface area contributed by atoms with Crippen LogP contribution in [0.4, 0.5) is 0 Å². The first-order chi connectivity index (χ1) is 6.16. The Balaban J connectivity index is -0.0000000904. The predicted molar refractivity (Wildman–Crippen MR) is 38.4 cm³/mol. The molecule has 0 aromatic rings. The molecule has 12 heteroatoms. The van der Waals surface area contributed by atoms with Gasteiger partial charge in [0.1, 0.15) is 15.7 Å². The second-order valence-electron chi connectivity index (χ2n) is 1.92. The molecule has 0 aliphatic rings. The van der Waals surface area contributed by atoms with Crippen LogP contribution in [-0.2, 0) is 9.53 Å². The van der Waals surface area contributed by atoms with E-state index in [1.807, 2.05) is 0 Å². The molecule has 0 saturated carbocycles. The predicted octanol–water partition coefficient (Wildman–Crippen LogP) is -12.1. The van der Waals surface area contributed by atoms with Crippen LogP contribution < -0.4 is 74.4 Å². The Hall–Kier alpha value is 1.41. The molecule has 0 rings (SSSR count). The van der Waals surface area contributed by atoms with Gasteiger partial charge in [-0.15, -0.1) is 0 Å². The first kappa shape index (κ1) is 26.1. The fraction of sp³-hybridized carbons (Fsp3) is 0.750. The van der Waals surface area contributed by atoms with Crippen LogP contribution in [0, 0.1) is 0 Å². The van der Waals surface area contributed by atoms with Crippen molar-refractivity contribution in [2.75, 3.05) is 13.2 Å². The van der Waals surface area contributed by atoms with Crippen molar-refractivity contribution in [2.45, 2.75) is 6.29 Å². The number of ether oxygens (including phenoxy) is 1. The maximum absolute atomic E-state index is 10.1. The average molecular weight is 275 g/mol. The summed E-state index contributed by atoms with van der Waals surface area (Å²) in [6.45, 7) is -0.664.